The van der Waals surface area contributed by atoms with E-state index in [2.05, 4.69) is 22.4 Å². The van der Waals surface area contributed by atoms with Gasteiger partial charge in [-0.3, -0.25) is 15.6 Å². The fraction of sp³-hybridized carbons (Fsp3) is 0.0588. The van der Waals surface area contributed by atoms with E-state index in [1.54, 1.807) is 29.5 Å². The molecule has 0 unspecified atom stereocenters. The summed E-state index contributed by atoms with van der Waals surface area (Å²) in [6.07, 6.45) is 0. The van der Waals surface area contributed by atoms with E-state index in [9.17, 15) is 4.79 Å². The van der Waals surface area contributed by atoms with Crippen LogP contribution in [0.2, 0.25) is 10.0 Å². The number of rotatable bonds is 6. The molecule has 8 heteroatoms. The van der Waals surface area contributed by atoms with Crippen LogP contribution >= 0.6 is 46.3 Å². The first-order chi connectivity index (χ1) is 12.0. The molecule has 2 N–H and O–H groups in total. The van der Waals surface area contributed by atoms with E-state index in [0.717, 1.165) is 20.1 Å². The highest BCUT2D eigenvalue weighted by molar-refractivity contribution is 8.01. The number of thiazole rings is 1. The van der Waals surface area contributed by atoms with E-state index >= 15 is 0 Å². The number of fused-ring (bicyclic) bond motifs is 1. The van der Waals surface area contributed by atoms with Gasteiger partial charge < -0.3 is 0 Å². The predicted molar refractivity (Wildman–Crippen MR) is 107 cm³/mol. The molecular weight excluding hydrogens is 397 g/mol. The lowest BCUT2D eigenvalue weighted by Crippen LogP contribution is -2.37. The summed E-state index contributed by atoms with van der Waals surface area (Å²) in [7, 11) is 0. The number of nitrogens with zero attached hydrogens (tertiary/aromatic N) is 1. The number of hydrazine groups is 1. The summed E-state index contributed by atoms with van der Waals surface area (Å²) in [4.78, 5) is 16.5. The number of nitrogens with one attached hydrogen (secondary N) is 2. The molecule has 0 aliphatic heterocycles. The molecule has 128 valence electrons. The van der Waals surface area contributed by atoms with E-state index in [-0.39, 0.29) is 11.7 Å². The maximum Gasteiger partial charge on any atom is 0.248 e. The molecule has 25 heavy (non-hydrogen) atoms. The normalized spacial score (nSPS) is 10.6. The largest absolute Gasteiger partial charge is 0.299 e. The first kappa shape index (κ1) is 18.1. The molecule has 0 atom stereocenters. The number of amides is 1. The highest BCUT2D eigenvalue weighted by atomic mass is 35.5. The minimum Gasteiger partial charge on any atom is -0.299 e. The SMILES string of the molecule is C=C(NNC(=O)CSc1nc2ccccc2s1)c1ccc(Cl)c(Cl)c1. The molecular formula is C17H13Cl2N3OS2. The van der Waals surface area contributed by atoms with Gasteiger partial charge in [-0.05, 0) is 24.3 Å². The Balaban J connectivity index is 1.50. The summed E-state index contributed by atoms with van der Waals surface area (Å²) in [6, 6.07) is 13.0. The monoisotopic (exact) mass is 409 g/mol. The van der Waals surface area contributed by atoms with Crippen molar-refractivity contribution in [3.63, 3.8) is 0 Å². The van der Waals surface area contributed by atoms with Gasteiger partial charge in [0.1, 0.15) is 0 Å². The number of carbonyl (C=O) groups excluding carboxylic acids is 1. The molecule has 0 bridgehead atoms. The van der Waals surface area contributed by atoms with Crippen LogP contribution in [-0.4, -0.2) is 16.6 Å². The van der Waals surface area contributed by atoms with Crippen molar-refractivity contribution in [3.8, 4) is 0 Å². The molecule has 0 aliphatic rings. The van der Waals surface area contributed by atoms with Gasteiger partial charge in [-0.2, -0.15) is 0 Å². The Kier molecular flexibility index (Phi) is 5.86. The Morgan fingerprint density at radius 1 is 1.16 bits per heavy atom. The Labute approximate surface area is 163 Å². The molecule has 0 saturated heterocycles. The van der Waals surface area contributed by atoms with Crippen molar-refractivity contribution in [2.75, 3.05) is 5.75 Å². The fourth-order valence-electron chi connectivity index (χ4n) is 1.98. The van der Waals surface area contributed by atoms with E-state index < -0.39 is 0 Å². The van der Waals surface area contributed by atoms with Gasteiger partial charge in [0.15, 0.2) is 4.34 Å². The summed E-state index contributed by atoms with van der Waals surface area (Å²) < 4.78 is 1.97. The van der Waals surface area contributed by atoms with Gasteiger partial charge in [0, 0.05) is 5.56 Å². The van der Waals surface area contributed by atoms with Crippen molar-refractivity contribution in [2.45, 2.75) is 4.34 Å². The highest BCUT2D eigenvalue weighted by Gasteiger charge is 2.08. The summed E-state index contributed by atoms with van der Waals surface area (Å²) in [5, 5.41) is 0.898. The van der Waals surface area contributed by atoms with Gasteiger partial charge in [-0.1, -0.05) is 59.7 Å². The van der Waals surface area contributed by atoms with Crippen LogP contribution in [0.15, 0.2) is 53.4 Å². The number of benzene rings is 2. The minimum absolute atomic E-state index is 0.175. The number of aromatic nitrogens is 1. The van der Waals surface area contributed by atoms with Crippen molar-refractivity contribution < 1.29 is 4.79 Å². The van der Waals surface area contributed by atoms with Gasteiger partial charge in [0.25, 0.3) is 0 Å². The van der Waals surface area contributed by atoms with E-state index in [4.69, 9.17) is 23.2 Å². The van der Waals surface area contributed by atoms with Crippen LogP contribution in [0.1, 0.15) is 5.56 Å². The topological polar surface area (TPSA) is 54.0 Å². The molecule has 0 aliphatic carbocycles. The Morgan fingerprint density at radius 3 is 2.72 bits per heavy atom. The third-order valence-electron chi connectivity index (χ3n) is 3.22. The number of thioether (sulfide) groups is 1. The number of para-hydroxylation sites is 1. The molecule has 3 rings (SSSR count). The smallest absolute Gasteiger partial charge is 0.248 e. The van der Waals surface area contributed by atoms with Crippen molar-refractivity contribution in [1.29, 1.82) is 0 Å². The molecule has 0 saturated carbocycles. The van der Waals surface area contributed by atoms with Gasteiger partial charge in [0.2, 0.25) is 5.91 Å². The average Bonchev–Trinajstić information content (AvgIpc) is 3.03. The minimum atomic E-state index is -0.175. The van der Waals surface area contributed by atoms with Gasteiger partial charge in [-0.15, -0.1) is 11.3 Å². The van der Waals surface area contributed by atoms with E-state index in [1.165, 1.54) is 11.8 Å². The molecule has 2 aromatic carbocycles. The van der Waals surface area contributed by atoms with Crippen LogP contribution in [0, 0.1) is 0 Å². The third kappa shape index (κ3) is 4.67. The molecule has 1 aromatic heterocycles. The number of halogens is 2. The third-order valence-corrected chi connectivity index (χ3v) is 6.14. The second kappa shape index (κ2) is 8.10. The Bertz CT molecular complexity index is 910. The zero-order valence-electron chi connectivity index (χ0n) is 12.9. The van der Waals surface area contributed by atoms with Crippen LogP contribution < -0.4 is 10.9 Å². The average molecular weight is 410 g/mol. The second-order valence-electron chi connectivity index (χ2n) is 5.02. The molecule has 1 amide bonds. The predicted octanol–water partition coefficient (Wildman–Crippen LogP) is 4.99. The Hall–Kier alpha value is -1.73. The van der Waals surface area contributed by atoms with Crippen molar-refractivity contribution in [3.05, 3.63) is 64.7 Å². The van der Waals surface area contributed by atoms with Crippen molar-refractivity contribution in [1.82, 2.24) is 15.8 Å². The summed E-state index contributed by atoms with van der Waals surface area (Å²) >= 11 is 14.8. The summed E-state index contributed by atoms with van der Waals surface area (Å²) in [6.45, 7) is 3.87. The zero-order valence-corrected chi connectivity index (χ0v) is 16.0. The van der Waals surface area contributed by atoms with Gasteiger partial charge in [-0.25, -0.2) is 4.98 Å². The number of hydrogen-bond donors (Lipinski definition) is 2. The lowest BCUT2D eigenvalue weighted by molar-refractivity contribution is -0.119. The summed E-state index contributed by atoms with van der Waals surface area (Å²) in [5.41, 5.74) is 7.61. The fourth-order valence-corrected chi connectivity index (χ4v) is 4.14. The maximum atomic E-state index is 12.0. The molecule has 1 heterocycles. The van der Waals surface area contributed by atoms with Gasteiger partial charge in [0.05, 0.1) is 31.7 Å². The quantitative estimate of drug-likeness (QED) is 0.444. The van der Waals surface area contributed by atoms with Crippen molar-refractivity contribution >= 4 is 68.1 Å². The van der Waals surface area contributed by atoms with E-state index in [1.807, 2.05) is 24.3 Å². The first-order valence-electron chi connectivity index (χ1n) is 7.20. The lowest BCUT2D eigenvalue weighted by Gasteiger charge is -2.11. The standard InChI is InChI=1S/C17H13Cl2N3OS2/c1-10(11-6-7-12(18)13(19)8-11)21-22-16(23)9-24-17-20-14-4-2-3-5-15(14)25-17/h2-8,21H,1,9H2,(H,22,23). The number of hydrogen-bond acceptors (Lipinski definition) is 5. The summed E-state index contributed by atoms with van der Waals surface area (Å²) in [5.74, 6) is 0.0760. The maximum absolute atomic E-state index is 12.0. The molecule has 0 radical (unpaired) electrons. The molecule has 4 nitrogen and oxygen atoms in total. The highest BCUT2D eigenvalue weighted by Crippen LogP contribution is 2.29. The van der Waals surface area contributed by atoms with E-state index in [0.29, 0.717) is 15.7 Å². The van der Waals surface area contributed by atoms with Crippen LogP contribution in [0.4, 0.5) is 0 Å². The first-order valence-corrected chi connectivity index (χ1v) is 9.76. The molecule has 0 fully saturated rings. The van der Waals surface area contributed by atoms with Crippen LogP contribution in [0.5, 0.6) is 0 Å². The van der Waals surface area contributed by atoms with Crippen LogP contribution in [-0.2, 0) is 4.79 Å². The van der Waals surface area contributed by atoms with Gasteiger partial charge >= 0.3 is 0 Å². The second-order valence-corrected chi connectivity index (χ2v) is 8.08. The molecule has 0 spiro atoms. The Morgan fingerprint density at radius 2 is 1.96 bits per heavy atom. The number of carbonyl (C=O) groups is 1. The van der Waals surface area contributed by atoms with Crippen LogP contribution in [0.3, 0.4) is 0 Å². The van der Waals surface area contributed by atoms with Crippen molar-refractivity contribution in [2.24, 2.45) is 0 Å². The molecule has 3 aromatic rings. The lowest BCUT2D eigenvalue weighted by atomic mass is 10.2. The zero-order chi connectivity index (χ0) is 17.8. The van der Waals surface area contributed by atoms with Crippen LogP contribution in [0.25, 0.3) is 15.9 Å².